The first-order valence-electron chi connectivity index (χ1n) is 13.5. The molecule has 0 bridgehead atoms. The Morgan fingerprint density at radius 1 is 1.22 bits per heavy atom. The van der Waals surface area contributed by atoms with Crippen molar-refractivity contribution in [2.45, 2.75) is 44.3 Å². The smallest absolute Gasteiger partial charge is 0.273 e. The van der Waals surface area contributed by atoms with E-state index in [1.807, 2.05) is 24.2 Å². The molecule has 37 heavy (non-hydrogen) atoms. The Bertz CT molecular complexity index is 1550. The van der Waals surface area contributed by atoms with Crippen LogP contribution in [0.15, 0.2) is 12.3 Å². The summed E-state index contributed by atoms with van der Waals surface area (Å²) in [4.78, 5) is 33.1. The van der Waals surface area contributed by atoms with E-state index in [9.17, 15) is 9.59 Å². The normalized spacial score (nSPS) is 20.6. The number of pyridine rings is 1. The van der Waals surface area contributed by atoms with Gasteiger partial charge in [0.1, 0.15) is 17.1 Å². The molecule has 0 spiro atoms. The van der Waals surface area contributed by atoms with Gasteiger partial charge in [-0.15, -0.1) is 10.2 Å². The first kappa shape index (κ1) is 20.0. The minimum absolute atomic E-state index is 0.0534. The lowest BCUT2D eigenvalue weighted by atomic mass is 9.92. The van der Waals surface area contributed by atoms with E-state index in [4.69, 9.17) is 4.11 Å². The topological polar surface area (TPSA) is 143 Å². The van der Waals surface area contributed by atoms with Gasteiger partial charge in [0, 0.05) is 54.5 Å². The second-order valence-corrected chi connectivity index (χ2v) is 9.75. The molecule has 3 aromatic heterocycles. The molecule has 3 N–H and O–H groups in total. The summed E-state index contributed by atoms with van der Waals surface area (Å²) in [6.45, 7) is -0.838. The molecule has 6 rings (SSSR count). The maximum atomic E-state index is 15.6. The lowest BCUT2D eigenvalue weighted by Gasteiger charge is -2.35. The zero-order valence-corrected chi connectivity index (χ0v) is 20.5. The maximum Gasteiger partial charge on any atom is 0.273 e. The van der Waals surface area contributed by atoms with Crippen molar-refractivity contribution in [2.24, 2.45) is 13.0 Å². The average molecular weight is 510 g/mol. The van der Waals surface area contributed by atoms with Crippen molar-refractivity contribution in [1.29, 1.82) is 0 Å². The van der Waals surface area contributed by atoms with Crippen LogP contribution in [0.4, 0.5) is 27.4 Å². The molecule has 12 nitrogen and oxygen atoms in total. The van der Waals surface area contributed by atoms with Gasteiger partial charge in [0.05, 0.1) is 17.4 Å². The number of nitrogens with zero attached hydrogens (tertiary/aromatic N) is 7. The lowest BCUT2D eigenvalue weighted by Crippen LogP contribution is -2.29. The number of nitrogens with one attached hydrogen (secondary N) is 3. The van der Waals surface area contributed by atoms with Gasteiger partial charge in [0.15, 0.2) is 17.3 Å². The third-order valence-corrected chi connectivity index (χ3v) is 7.11. The molecule has 2 aliphatic carbocycles. The highest BCUT2D eigenvalue weighted by Gasteiger charge is 2.49. The molecular weight excluding hydrogens is 479 g/mol. The van der Waals surface area contributed by atoms with Crippen LogP contribution in [-0.2, 0) is 17.5 Å². The van der Waals surface area contributed by atoms with Gasteiger partial charge in [-0.25, -0.2) is 9.37 Å². The van der Waals surface area contributed by atoms with Crippen LogP contribution in [0.2, 0.25) is 0 Å². The Balaban J connectivity index is 1.47. The summed E-state index contributed by atoms with van der Waals surface area (Å²) in [6.07, 6.45) is 3.72. The van der Waals surface area contributed by atoms with Crippen LogP contribution in [0.25, 0.3) is 11.3 Å². The van der Waals surface area contributed by atoms with E-state index in [1.165, 1.54) is 17.1 Å². The SMILES string of the molecule is [2H]C([2H])([2H])NC(=O)c1nnc(NC(=O)C2CC2)cc1Nc1ncc(C2(F)CC2)c2c1N(C)[C@@H](C)c1nn(C)nc1-2. The number of carbonyl (C=O) groups excluding carboxylic acids is 2. The number of alkyl halides is 1. The summed E-state index contributed by atoms with van der Waals surface area (Å²) in [5.41, 5.74) is 0.901. The molecule has 1 aliphatic heterocycles. The second kappa shape index (κ2) is 8.18. The molecule has 0 radical (unpaired) electrons. The molecular formula is C24H27FN10O2. The number of hydrogen-bond acceptors (Lipinski definition) is 9. The van der Waals surface area contributed by atoms with E-state index in [0.717, 1.165) is 12.8 Å². The van der Waals surface area contributed by atoms with Gasteiger partial charge < -0.3 is 20.9 Å². The molecule has 4 heterocycles. The summed E-state index contributed by atoms with van der Waals surface area (Å²) >= 11 is 0. The van der Waals surface area contributed by atoms with Crippen LogP contribution in [0, 0.1) is 5.92 Å². The number of carbonyl (C=O) groups is 2. The Morgan fingerprint density at radius 3 is 2.70 bits per heavy atom. The number of amides is 2. The molecule has 2 fully saturated rings. The molecule has 3 aromatic rings. The summed E-state index contributed by atoms with van der Waals surface area (Å²) in [5.74, 6) is -0.997. The van der Waals surface area contributed by atoms with Crippen LogP contribution < -0.4 is 20.9 Å². The van der Waals surface area contributed by atoms with Crippen molar-refractivity contribution < 1.29 is 18.1 Å². The Labute approximate surface area is 216 Å². The zero-order valence-electron chi connectivity index (χ0n) is 23.5. The maximum absolute atomic E-state index is 15.6. The van der Waals surface area contributed by atoms with Gasteiger partial charge in [-0.1, -0.05) is 0 Å². The lowest BCUT2D eigenvalue weighted by molar-refractivity contribution is -0.117. The van der Waals surface area contributed by atoms with Gasteiger partial charge in [0.25, 0.3) is 5.91 Å². The fourth-order valence-electron chi connectivity index (χ4n) is 4.63. The van der Waals surface area contributed by atoms with E-state index < -0.39 is 18.6 Å². The highest BCUT2D eigenvalue weighted by Crippen LogP contribution is 2.57. The summed E-state index contributed by atoms with van der Waals surface area (Å²) in [7, 11) is 3.52. The Kier molecular flexibility index (Phi) is 4.41. The zero-order chi connectivity index (χ0) is 28.6. The van der Waals surface area contributed by atoms with Crippen molar-refractivity contribution in [3.63, 3.8) is 0 Å². The molecule has 0 saturated heterocycles. The van der Waals surface area contributed by atoms with Gasteiger partial charge in [-0.3, -0.25) is 9.59 Å². The highest BCUT2D eigenvalue weighted by atomic mass is 19.1. The molecule has 0 aromatic carbocycles. The average Bonchev–Trinajstić information content (AvgIpc) is 3.80. The number of fused-ring (bicyclic) bond motifs is 3. The van der Waals surface area contributed by atoms with Crippen molar-refractivity contribution >= 4 is 34.8 Å². The number of aromatic nitrogens is 6. The predicted molar refractivity (Wildman–Crippen MR) is 133 cm³/mol. The number of halogens is 1. The van der Waals surface area contributed by atoms with Gasteiger partial charge in [0.2, 0.25) is 5.91 Å². The molecule has 1 atom stereocenters. The minimum atomic E-state index is -2.77. The fraction of sp³-hybridized carbons (Fsp3) is 0.458. The first-order chi connectivity index (χ1) is 18.8. The second-order valence-electron chi connectivity index (χ2n) is 9.75. The third kappa shape index (κ3) is 3.85. The van der Waals surface area contributed by atoms with Crippen LogP contribution in [0.1, 0.15) is 64.5 Å². The predicted octanol–water partition coefficient (Wildman–Crippen LogP) is 2.59. The number of aryl methyl sites for hydroxylation is 1. The molecule has 192 valence electrons. The Hall–Kier alpha value is -4.16. The van der Waals surface area contributed by atoms with Crippen molar-refractivity contribution in [3.8, 4) is 11.3 Å². The van der Waals surface area contributed by atoms with E-state index >= 15 is 4.39 Å². The third-order valence-electron chi connectivity index (χ3n) is 7.11. The van der Waals surface area contributed by atoms with E-state index in [1.54, 1.807) is 7.05 Å². The Morgan fingerprint density at radius 2 is 2.00 bits per heavy atom. The minimum Gasteiger partial charge on any atom is -0.363 e. The monoisotopic (exact) mass is 509 g/mol. The quantitative estimate of drug-likeness (QED) is 0.457. The first-order valence-corrected chi connectivity index (χ1v) is 12.0. The van der Waals surface area contributed by atoms with Gasteiger partial charge in [-0.2, -0.15) is 15.0 Å². The molecule has 3 aliphatic rings. The summed E-state index contributed by atoms with van der Waals surface area (Å²) in [6, 6.07) is 1.15. The van der Waals surface area contributed by atoms with E-state index in [2.05, 4.69) is 36.0 Å². The van der Waals surface area contributed by atoms with Crippen LogP contribution in [0.5, 0.6) is 0 Å². The molecule has 2 amide bonds. The largest absolute Gasteiger partial charge is 0.363 e. The number of rotatable bonds is 6. The standard InChI is InChI=1S/C24H27FN10O2/c1-11-17-19(33-35(4)32-17)16-13(24(25)7-8-24)10-27-21(20(16)34(11)3)28-14-9-15(29-22(36)12-5-6-12)30-31-18(14)23(37)26-2/h9-12H,5-8H2,1-4H3,(H,26,37)(H2,27,28,29,30,36)/t11-/m0/s1/i2D3. The molecule has 2 saturated carbocycles. The number of anilines is 4. The van der Waals surface area contributed by atoms with E-state index in [-0.39, 0.29) is 40.9 Å². The van der Waals surface area contributed by atoms with Crippen LogP contribution in [-0.4, -0.2) is 56.0 Å². The van der Waals surface area contributed by atoms with Crippen molar-refractivity contribution in [3.05, 3.63) is 29.2 Å². The highest BCUT2D eigenvalue weighted by molar-refractivity contribution is 6.01. The fourth-order valence-corrected chi connectivity index (χ4v) is 4.63. The van der Waals surface area contributed by atoms with E-state index in [0.29, 0.717) is 41.0 Å². The van der Waals surface area contributed by atoms with Crippen molar-refractivity contribution in [1.82, 2.24) is 35.5 Å². The van der Waals surface area contributed by atoms with Crippen LogP contribution >= 0.6 is 0 Å². The summed E-state index contributed by atoms with van der Waals surface area (Å²) < 4.78 is 37.9. The molecule has 0 unspecified atom stereocenters. The van der Waals surface area contributed by atoms with Crippen LogP contribution in [0.3, 0.4) is 0 Å². The van der Waals surface area contributed by atoms with Gasteiger partial charge >= 0.3 is 0 Å². The molecule has 13 heteroatoms. The van der Waals surface area contributed by atoms with Crippen molar-refractivity contribution in [2.75, 3.05) is 29.6 Å². The van der Waals surface area contributed by atoms with Gasteiger partial charge in [-0.05, 0) is 32.6 Å². The summed E-state index contributed by atoms with van der Waals surface area (Å²) in [5, 5.41) is 24.6. The number of hydrogen-bond donors (Lipinski definition) is 3.